The van der Waals surface area contributed by atoms with Gasteiger partial charge in [0.1, 0.15) is 0 Å². The molecule has 3 nitrogen and oxygen atoms in total. The van der Waals surface area contributed by atoms with Gasteiger partial charge in [-0.25, -0.2) is 0 Å². The summed E-state index contributed by atoms with van der Waals surface area (Å²) in [6, 6.07) is 0. The second kappa shape index (κ2) is 14.5. The third-order valence-electron chi connectivity index (χ3n) is 3.53. The molecule has 0 saturated carbocycles. The molecule has 0 aliphatic carbocycles. The topological polar surface area (TPSA) is 68.8 Å². The highest BCUT2D eigenvalue weighted by Crippen LogP contribution is 2.14. The molecule has 1 atom stereocenters. The summed E-state index contributed by atoms with van der Waals surface area (Å²) < 4.78 is 0. The minimum Gasteiger partial charge on any atom is -0.481 e. The fraction of sp³-hybridized carbons (Fsp3) is 0.933. The van der Waals surface area contributed by atoms with Crippen molar-refractivity contribution in [2.45, 2.75) is 84.5 Å². The Hall–Kier alpha value is -0.570. The van der Waals surface area contributed by atoms with Crippen molar-refractivity contribution in [3.8, 4) is 0 Å². The standard InChI is InChI=1S/C15H30O2.H2O/c1-3-14(2)12-10-8-6-4-5-7-9-11-13-15(16)17;/h14H,3-13H2,1-2H3,(H,16,17);1H2. The van der Waals surface area contributed by atoms with Crippen LogP contribution in [0.5, 0.6) is 0 Å². The highest BCUT2D eigenvalue weighted by atomic mass is 16.4. The first-order chi connectivity index (χ1) is 8.16. The molecule has 0 rings (SSSR count). The van der Waals surface area contributed by atoms with Crippen molar-refractivity contribution in [2.75, 3.05) is 0 Å². The van der Waals surface area contributed by atoms with E-state index >= 15 is 0 Å². The van der Waals surface area contributed by atoms with Crippen LogP contribution in [-0.2, 0) is 4.79 Å². The van der Waals surface area contributed by atoms with E-state index in [1.54, 1.807) is 0 Å². The predicted octanol–water partition coefficient (Wildman–Crippen LogP) is 4.19. The SMILES string of the molecule is CCC(C)CCCCCCCCCCC(=O)O.O. The van der Waals surface area contributed by atoms with Crippen LogP contribution >= 0.6 is 0 Å². The smallest absolute Gasteiger partial charge is 0.303 e. The number of aliphatic carboxylic acids is 1. The van der Waals surface area contributed by atoms with Crippen LogP contribution in [0.1, 0.15) is 84.5 Å². The zero-order chi connectivity index (χ0) is 12.9. The van der Waals surface area contributed by atoms with Gasteiger partial charge in [-0.3, -0.25) is 4.79 Å². The number of carbonyl (C=O) groups is 1. The lowest BCUT2D eigenvalue weighted by atomic mass is 9.99. The molecule has 0 aromatic carbocycles. The molecule has 0 aliphatic heterocycles. The fourth-order valence-corrected chi connectivity index (χ4v) is 2.03. The predicted molar refractivity (Wildman–Crippen MR) is 76.9 cm³/mol. The highest BCUT2D eigenvalue weighted by Gasteiger charge is 1.99. The zero-order valence-corrected chi connectivity index (χ0v) is 12.2. The Balaban J connectivity index is 0. The van der Waals surface area contributed by atoms with Gasteiger partial charge in [0.05, 0.1) is 0 Å². The van der Waals surface area contributed by atoms with Gasteiger partial charge in [0.15, 0.2) is 0 Å². The molecule has 0 aromatic heterocycles. The van der Waals surface area contributed by atoms with Gasteiger partial charge in [0.2, 0.25) is 0 Å². The van der Waals surface area contributed by atoms with E-state index in [0.717, 1.165) is 18.8 Å². The van der Waals surface area contributed by atoms with Crippen LogP contribution in [0.3, 0.4) is 0 Å². The van der Waals surface area contributed by atoms with E-state index in [0.29, 0.717) is 6.42 Å². The Morgan fingerprint density at radius 3 is 1.83 bits per heavy atom. The maximum atomic E-state index is 10.3. The molecule has 0 amide bonds. The Labute approximate surface area is 112 Å². The zero-order valence-electron chi connectivity index (χ0n) is 12.2. The van der Waals surface area contributed by atoms with Crippen molar-refractivity contribution in [2.24, 2.45) is 5.92 Å². The minimum atomic E-state index is -0.657. The van der Waals surface area contributed by atoms with Crippen molar-refractivity contribution >= 4 is 5.97 Å². The summed E-state index contributed by atoms with van der Waals surface area (Å²) in [5.74, 6) is 0.237. The summed E-state index contributed by atoms with van der Waals surface area (Å²) >= 11 is 0. The summed E-state index contributed by atoms with van der Waals surface area (Å²) in [7, 11) is 0. The van der Waals surface area contributed by atoms with E-state index < -0.39 is 5.97 Å². The lowest BCUT2D eigenvalue weighted by Crippen LogP contribution is -1.93. The number of unbranched alkanes of at least 4 members (excludes halogenated alkanes) is 7. The molecule has 0 bridgehead atoms. The summed E-state index contributed by atoms with van der Waals surface area (Å²) in [5.41, 5.74) is 0. The molecule has 0 radical (unpaired) electrons. The third-order valence-corrected chi connectivity index (χ3v) is 3.53. The number of rotatable bonds is 12. The van der Waals surface area contributed by atoms with Gasteiger partial charge >= 0.3 is 5.97 Å². The average Bonchev–Trinajstić information content (AvgIpc) is 2.30. The molecular formula is C15H32O3. The van der Waals surface area contributed by atoms with Crippen molar-refractivity contribution in [3.63, 3.8) is 0 Å². The second-order valence-corrected chi connectivity index (χ2v) is 5.27. The van der Waals surface area contributed by atoms with Gasteiger partial charge in [-0.1, -0.05) is 71.6 Å². The molecule has 0 aromatic rings. The molecule has 18 heavy (non-hydrogen) atoms. The van der Waals surface area contributed by atoms with Crippen molar-refractivity contribution in [1.29, 1.82) is 0 Å². The summed E-state index contributed by atoms with van der Waals surface area (Å²) in [4.78, 5) is 10.3. The molecular weight excluding hydrogens is 228 g/mol. The summed E-state index contributed by atoms with van der Waals surface area (Å²) in [6.07, 6.45) is 12.9. The van der Waals surface area contributed by atoms with Gasteiger partial charge < -0.3 is 10.6 Å². The van der Waals surface area contributed by atoms with E-state index in [4.69, 9.17) is 5.11 Å². The van der Waals surface area contributed by atoms with Crippen LogP contribution in [0, 0.1) is 5.92 Å². The van der Waals surface area contributed by atoms with E-state index in [1.165, 1.54) is 51.4 Å². The number of carboxylic acids is 1. The van der Waals surface area contributed by atoms with E-state index in [2.05, 4.69) is 13.8 Å². The van der Waals surface area contributed by atoms with Crippen LogP contribution in [0.15, 0.2) is 0 Å². The van der Waals surface area contributed by atoms with Crippen LogP contribution < -0.4 is 0 Å². The van der Waals surface area contributed by atoms with E-state index in [9.17, 15) is 4.79 Å². The molecule has 3 heteroatoms. The first-order valence-electron chi connectivity index (χ1n) is 7.38. The molecule has 0 spiro atoms. The summed E-state index contributed by atoms with van der Waals surface area (Å²) in [5, 5.41) is 8.48. The van der Waals surface area contributed by atoms with Crippen LogP contribution in [0.2, 0.25) is 0 Å². The monoisotopic (exact) mass is 260 g/mol. The molecule has 110 valence electrons. The second-order valence-electron chi connectivity index (χ2n) is 5.27. The van der Waals surface area contributed by atoms with Gasteiger partial charge in [-0.2, -0.15) is 0 Å². The first-order valence-corrected chi connectivity index (χ1v) is 7.38. The van der Waals surface area contributed by atoms with Gasteiger partial charge in [-0.05, 0) is 12.3 Å². The van der Waals surface area contributed by atoms with Crippen molar-refractivity contribution in [1.82, 2.24) is 0 Å². The Bertz CT molecular complexity index is 181. The highest BCUT2D eigenvalue weighted by molar-refractivity contribution is 5.66. The lowest BCUT2D eigenvalue weighted by molar-refractivity contribution is -0.137. The number of carboxylic acid groups (broad SMARTS) is 1. The normalized spacial score (nSPS) is 11.9. The van der Waals surface area contributed by atoms with Gasteiger partial charge in [0, 0.05) is 6.42 Å². The number of hydrogen-bond donors (Lipinski definition) is 1. The third kappa shape index (κ3) is 15.4. The largest absolute Gasteiger partial charge is 0.481 e. The molecule has 0 fully saturated rings. The van der Waals surface area contributed by atoms with E-state index in [1.807, 2.05) is 0 Å². The van der Waals surface area contributed by atoms with Crippen molar-refractivity contribution in [3.05, 3.63) is 0 Å². The Morgan fingerprint density at radius 1 is 0.944 bits per heavy atom. The Kier molecular flexibility index (Phi) is 15.9. The molecule has 0 heterocycles. The summed E-state index contributed by atoms with van der Waals surface area (Å²) in [6.45, 7) is 4.60. The van der Waals surface area contributed by atoms with Gasteiger partial charge in [-0.15, -0.1) is 0 Å². The van der Waals surface area contributed by atoms with Crippen molar-refractivity contribution < 1.29 is 15.4 Å². The molecule has 1 unspecified atom stereocenters. The molecule has 0 aliphatic rings. The molecule has 0 saturated heterocycles. The van der Waals surface area contributed by atoms with Crippen LogP contribution in [-0.4, -0.2) is 16.6 Å². The lowest BCUT2D eigenvalue weighted by Gasteiger charge is -2.07. The van der Waals surface area contributed by atoms with Gasteiger partial charge in [0.25, 0.3) is 0 Å². The minimum absolute atomic E-state index is 0. The maximum Gasteiger partial charge on any atom is 0.303 e. The first kappa shape index (κ1) is 19.8. The van der Waals surface area contributed by atoms with Crippen LogP contribution in [0.4, 0.5) is 0 Å². The average molecular weight is 260 g/mol. The van der Waals surface area contributed by atoms with E-state index in [-0.39, 0.29) is 5.48 Å². The fourth-order valence-electron chi connectivity index (χ4n) is 2.03. The quantitative estimate of drug-likeness (QED) is 0.534. The Morgan fingerprint density at radius 2 is 1.39 bits per heavy atom. The molecule has 3 N–H and O–H groups in total. The van der Waals surface area contributed by atoms with Crippen LogP contribution in [0.25, 0.3) is 0 Å². The maximum absolute atomic E-state index is 10.3. The number of hydrogen-bond acceptors (Lipinski definition) is 1.